The molecule has 0 saturated carbocycles. The van der Waals surface area contributed by atoms with Crippen molar-refractivity contribution in [1.82, 2.24) is 4.90 Å². The van der Waals surface area contributed by atoms with Crippen LogP contribution in [0.2, 0.25) is 0 Å². The lowest BCUT2D eigenvalue weighted by atomic mass is 10.0. The number of ether oxygens (including phenoxy) is 2. The minimum absolute atomic E-state index is 0.0870. The molecular weight excluding hydrogens is 254 g/mol. The zero-order valence-corrected chi connectivity index (χ0v) is 12.1. The van der Waals surface area contributed by atoms with Gasteiger partial charge in [-0.25, -0.2) is 0 Å². The normalized spacial score (nSPS) is 35.8. The second kappa shape index (κ2) is 5.35. The molecule has 4 nitrogen and oxygen atoms in total. The Morgan fingerprint density at radius 3 is 2.78 bits per heavy atom. The van der Waals surface area contributed by atoms with Gasteiger partial charge in [0.25, 0.3) is 5.91 Å². The van der Waals surface area contributed by atoms with Gasteiger partial charge in [0.15, 0.2) is 0 Å². The van der Waals surface area contributed by atoms with Gasteiger partial charge in [-0.05, 0) is 26.2 Å². The Morgan fingerprint density at radius 1 is 1.50 bits per heavy atom. The van der Waals surface area contributed by atoms with Crippen molar-refractivity contribution < 1.29 is 14.3 Å². The molecule has 0 aromatic heterocycles. The van der Waals surface area contributed by atoms with E-state index in [0.717, 1.165) is 6.42 Å². The predicted molar refractivity (Wildman–Crippen MR) is 69.8 cm³/mol. The van der Waals surface area contributed by atoms with Crippen molar-refractivity contribution in [2.24, 2.45) is 5.92 Å². The van der Waals surface area contributed by atoms with Crippen LogP contribution in [0.3, 0.4) is 0 Å². The van der Waals surface area contributed by atoms with Gasteiger partial charge < -0.3 is 14.4 Å². The number of hydrogen-bond acceptors (Lipinski definition) is 3. The van der Waals surface area contributed by atoms with Crippen LogP contribution in [0.15, 0.2) is 0 Å². The first-order valence-corrected chi connectivity index (χ1v) is 7.10. The first kappa shape index (κ1) is 14.1. The van der Waals surface area contributed by atoms with Crippen LogP contribution in [-0.2, 0) is 14.3 Å². The molecule has 18 heavy (non-hydrogen) atoms. The number of amides is 1. The van der Waals surface area contributed by atoms with E-state index in [1.165, 1.54) is 0 Å². The number of hydrogen-bond donors (Lipinski definition) is 0. The summed E-state index contributed by atoms with van der Waals surface area (Å²) in [6, 6.07) is 0. The number of carbonyl (C=O) groups is 1. The van der Waals surface area contributed by atoms with Gasteiger partial charge in [0.05, 0.1) is 17.6 Å². The number of nitrogens with zero attached hydrogens (tertiary/aromatic N) is 1. The summed E-state index contributed by atoms with van der Waals surface area (Å²) in [6.07, 6.45) is 0.592. The van der Waals surface area contributed by atoms with Gasteiger partial charge in [0.2, 0.25) is 0 Å². The van der Waals surface area contributed by atoms with Gasteiger partial charge in [-0.15, -0.1) is 11.6 Å². The summed E-state index contributed by atoms with van der Waals surface area (Å²) in [5, 5.41) is 0. The first-order chi connectivity index (χ1) is 8.43. The number of rotatable bonds is 2. The molecule has 2 heterocycles. The van der Waals surface area contributed by atoms with Gasteiger partial charge in [-0.3, -0.25) is 4.79 Å². The molecule has 2 aliphatic heterocycles. The minimum Gasteiger partial charge on any atom is -0.368 e. The fourth-order valence-electron chi connectivity index (χ4n) is 2.74. The van der Waals surface area contributed by atoms with Crippen LogP contribution in [0.5, 0.6) is 0 Å². The van der Waals surface area contributed by atoms with Crippen molar-refractivity contribution in [2.45, 2.75) is 45.0 Å². The molecule has 0 aromatic carbocycles. The second-order valence-electron chi connectivity index (χ2n) is 5.93. The Hall–Kier alpha value is -0.320. The Labute approximate surface area is 114 Å². The standard InChI is InChI=1S/C13H22ClNO3/c1-9-4-5-17-11(9)12(16)15-7-10(6-14)18-13(2,3)8-15/h9-11H,4-8H2,1-3H3. The van der Waals surface area contributed by atoms with Crippen LogP contribution >= 0.6 is 11.6 Å². The zero-order valence-electron chi connectivity index (χ0n) is 11.3. The highest BCUT2D eigenvalue weighted by Crippen LogP contribution is 2.26. The van der Waals surface area contributed by atoms with E-state index in [-0.39, 0.29) is 23.7 Å². The highest BCUT2D eigenvalue weighted by molar-refractivity contribution is 6.18. The van der Waals surface area contributed by atoms with E-state index in [4.69, 9.17) is 21.1 Å². The van der Waals surface area contributed by atoms with Gasteiger partial charge in [0, 0.05) is 19.7 Å². The smallest absolute Gasteiger partial charge is 0.252 e. The van der Waals surface area contributed by atoms with Crippen molar-refractivity contribution in [2.75, 3.05) is 25.6 Å². The molecule has 2 fully saturated rings. The van der Waals surface area contributed by atoms with Gasteiger partial charge in [-0.2, -0.15) is 0 Å². The third-order valence-corrected chi connectivity index (χ3v) is 3.94. The molecule has 0 spiro atoms. The maximum absolute atomic E-state index is 12.5. The monoisotopic (exact) mass is 275 g/mol. The van der Waals surface area contributed by atoms with Crippen LogP contribution in [-0.4, -0.2) is 54.2 Å². The Morgan fingerprint density at radius 2 is 2.22 bits per heavy atom. The lowest BCUT2D eigenvalue weighted by molar-refractivity contribution is -0.166. The molecule has 3 unspecified atom stereocenters. The highest BCUT2D eigenvalue weighted by Gasteiger charge is 2.40. The molecule has 0 N–H and O–H groups in total. The molecule has 0 aromatic rings. The van der Waals surface area contributed by atoms with Crippen molar-refractivity contribution in [3.05, 3.63) is 0 Å². The molecular formula is C13H22ClNO3. The minimum atomic E-state index is -0.338. The van der Waals surface area contributed by atoms with E-state index >= 15 is 0 Å². The average Bonchev–Trinajstić information content (AvgIpc) is 2.72. The molecule has 0 bridgehead atoms. The molecule has 2 rings (SSSR count). The number of alkyl halides is 1. The summed E-state index contributed by atoms with van der Waals surface area (Å²) in [6.45, 7) is 7.91. The number of morpholine rings is 1. The maximum Gasteiger partial charge on any atom is 0.252 e. The average molecular weight is 276 g/mol. The zero-order chi connectivity index (χ0) is 13.3. The van der Waals surface area contributed by atoms with Gasteiger partial charge in [0.1, 0.15) is 6.10 Å². The van der Waals surface area contributed by atoms with E-state index < -0.39 is 0 Å². The summed E-state index contributed by atoms with van der Waals surface area (Å²) in [7, 11) is 0. The SMILES string of the molecule is CC1CCOC1C(=O)N1CC(CCl)OC(C)(C)C1. The van der Waals surface area contributed by atoms with Gasteiger partial charge in [-0.1, -0.05) is 6.92 Å². The summed E-state index contributed by atoms with van der Waals surface area (Å²) in [5.41, 5.74) is -0.338. The highest BCUT2D eigenvalue weighted by atomic mass is 35.5. The van der Waals surface area contributed by atoms with E-state index in [1.54, 1.807) is 0 Å². The number of carbonyl (C=O) groups excluding carboxylic acids is 1. The first-order valence-electron chi connectivity index (χ1n) is 6.57. The van der Waals surface area contributed by atoms with Crippen molar-refractivity contribution in [3.63, 3.8) is 0 Å². The Balaban J connectivity index is 2.05. The molecule has 2 aliphatic rings. The van der Waals surface area contributed by atoms with Crippen LogP contribution < -0.4 is 0 Å². The third-order valence-electron chi connectivity index (χ3n) is 3.60. The Bertz CT molecular complexity index is 321. The third kappa shape index (κ3) is 2.98. The molecule has 3 atom stereocenters. The molecule has 0 radical (unpaired) electrons. The van der Waals surface area contributed by atoms with E-state index in [1.807, 2.05) is 18.7 Å². The number of halogens is 1. The molecule has 2 saturated heterocycles. The molecule has 104 valence electrons. The van der Waals surface area contributed by atoms with Crippen LogP contribution in [0.25, 0.3) is 0 Å². The fourth-order valence-corrected chi connectivity index (χ4v) is 2.90. The summed E-state index contributed by atoms with van der Waals surface area (Å²) in [4.78, 5) is 14.3. The van der Waals surface area contributed by atoms with Crippen molar-refractivity contribution >= 4 is 17.5 Å². The summed E-state index contributed by atoms with van der Waals surface area (Å²) < 4.78 is 11.4. The fraction of sp³-hybridized carbons (Fsp3) is 0.923. The molecule has 1 amide bonds. The van der Waals surface area contributed by atoms with Gasteiger partial charge >= 0.3 is 0 Å². The van der Waals surface area contributed by atoms with E-state index in [0.29, 0.717) is 31.5 Å². The summed E-state index contributed by atoms with van der Waals surface area (Å²) in [5.74, 6) is 0.804. The van der Waals surface area contributed by atoms with Crippen LogP contribution in [0.1, 0.15) is 27.2 Å². The topological polar surface area (TPSA) is 38.8 Å². The quantitative estimate of drug-likeness (QED) is 0.720. The maximum atomic E-state index is 12.5. The molecule has 5 heteroatoms. The largest absolute Gasteiger partial charge is 0.368 e. The lowest BCUT2D eigenvalue weighted by Crippen LogP contribution is -2.57. The van der Waals surface area contributed by atoms with Crippen molar-refractivity contribution in [1.29, 1.82) is 0 Å². The van der Waals surface area contributed by atoms with E-state index in [2.05, 4.69) is 6.92 Å². The lowest BCUT2D eigenvalue weighted by Gasteiger charge is -2.43. The second-order valence-corrected chi connectivity index (χ2v) is 6.24. The predicted octanol–water partition coefficient (Wildman–Crippen LogP) is 1.66. The van der Waals surface area contributed by atoms with Crippen LogP contribution in [0, 0.1) is 5.92 Å². The molecule has 0 aliphatic carbocycles. The van der Waals surface area contributed by atoms with Crippen LogP contribution in [0.4, 0.5) is 0 Å². The van der Waals surface area contributed by atoms with E-state index in [9.17, 15) is 4.79 Å². The van der Waals surface area contributed by atoms with Crippen molar-refractivity contribution in [3.8, 4) is 0 Å². The summed E-state index contributed by atoms with van der Waals surface area (Å²) >= 11 is 5.87. The Kier molecular flexibility index (Phi) is 4.19.